The minimum absolute atomic E-state index is 0.0234. The van der Waals surface area contributed by atoms with Crippen LogP contribution >= 0.6 is 11.6 Å². The number of aryl methyl sites for hydroxylation is 1. The Morgan fingerprint density at radius 2 is 2.19 bits per heavy atom. The molecule has 2 aromatic rings. The van der Waals surface area contributed by atoms with E-state index in [0.29, 0.717) is 17.2 Å². The van der Waals surface area contributed by atoms with Crippen LogP contribution in [0.4, 0.5) is 0 Å². The summed E-state index contributed by atoms with van der Waals surface area (Å²) in [7, 11) is 0. The van der Waals surface area contributed by atoms with Gasteiger partial charge in [-0.3, -0.25) is 4.79 Å². The van der Waals surface area contributed by atoms with E-state index in [4.69, 9.17) is 16.0 Å². The Morgan fingerprint density at radius 3 is 2.81 bits per heavy atom. The molecule has 0 aliphatic heterocycles. The second kappa shape index (κ2) is 4.54. The number of hydrogen-bond acceptors (Lipinski definition) is 2. The molecule has 0 spiro atoms. The highest BCUT2D eigenvalue weighted by atomic mass is 35.5. The molecule has 0 radical (unpaired) electrons. The molecule has 1 aromatic heterocycles. The van der Waals surface area contributed by atoms with Gasteiger partial charge in [-0.1, -0.05) is 23.7 Å². The van der Waals surface area contributed by atoms with Crippen molar-refractivity contribution in [2.75, 3.05) is 0 Å². The van der Waals surface area contributed by atoms with Crippen LogP contribution < -0.4 is 0 Å². The van der Waals surface area contributed by atoms with Crippen LogP contribution in [0.25, 0.3) is 0 Å². The Bertz CT molecular complexity index is 514. The van der Waals surface area contributed by atoms with Crippen LogP contribution in [0.2, 0.25) is 5.02 Å². The first-order valence-electron chi connectivity index (χ1n) is 4.98. The third kappa shape index (κ3) is 2.34. The van der Waals surface area contributed by atoms with Crippen molar-refractivity contribution in [1.29, 1.82) is 0 Å². The molecule has 0 fully saturated rings. The molecule has 0 saturated carbocycles. The number of Topliss-reactive ketones (excluding diaryl/α,β-unsaturated/α-hetero) is 1. The third-order valence-corrected chi connectivity index (χ3v) is 2.60. The van der Waals surface area contributed by atoms with E-state index in [0.717, 1.165) is 11.1 Å². The van der Waals surface area contributed by atoms with E-state index >= 15 is 0 Å². The molecule has 0 saturated heterocycles. The zero-order chi connectivity index (χ0) is 11.5. The molecule has 16 heavy (non-hydrogen) atoms. The van der Waals surface area contributed by atoms with Crippen LogP contribution in [-0.2, 0) is 6.42 Å². The summed E-state index contributed by atoms with van der Waals surface area (Å²) in [6, 6.07) is 9.07. The molecule has 82 valence electrons. The van der Waals surface area contributed by atoms with E-state index in [1.54, 1.807) is 18.2 Å². The maximum Gasteiger partial charge on any atom is 0.202 e. The highest BCUT2D eigenvalue weighted by Gasteiger charge is 2.13. The summed E-state index contributed by atoms with van der Waals surface area (Å²) >= 11 is 5.85. The Kier molecular flexibility index (Phi) is 3.11. The van der Waals surface area contributed by atoms with E-state index < -0.39 is 0 Å². The van der Waals surface area contributed by atoms with Gasteiger partial charge in [-0.25, -0.2) is 0 Å². The van der Waals surface area contributed by atoms with E-state index in [2.05, 4.69) is 0 Å². The van der Waals surface area contributed by atoms with Gasteiger partial charge in [0.1, 0.15) is 0 Å². The number of furan rings is 1. The fourth-order valence-electron chi connectivity index (χ4n) is 1.57. The molecule has 0 amide bonds. The number of benzene rings is 1. The number of carbonyl (C=O) groups is 1. The SMILES string of the molecule is Cc1ccoc1C(=O)Cc1cccc(Cl)c1. The maximum atomic E-state index is 11.9. The summed E-state index contributed by atoms with van der Waals surface area (Å²) < 4.78 is 5.15. The van der Waals surface area contributed by atoms with Crippen LogP contribution in [0.15, 0.2) is 41.0 Å². The molecule has 1 heterocycles. The lowest BCUT2D eigenvalue weighted by Crippen LogP contribution is -2.03. The topological polar surface area (TPSA) is 30.2 Å². The largest absolute Gasteiger partial charge is 0.461 e. The van der Waals surface area contributed by atoms with Crippen LogP contribution in [0.5, 0.6) is 0 Å². The molecule has 3 heteroatoms. The second-order valence-corrected chi connectivity index (χ2v) is 4.10. The molecular weight excluding hydrogens is 224 g/mol. The Labute approximate surface area is 98.8 Å². The van der Waals surface area contributed by atoms with Crippen molar-refractivity contribution in [3.05, 3.63) is 58.5 Å². The second-order valence-electron chi connectivity index (χ2n) is 3.66. The van der Waals surface area contributed by atoms with Gasteiger partial charge < -0.3 is 4.42 Å². The lowest BCUT2D eigenvalue weighted by Gasteiger charge is -2.00. The van der Waals surface area contributed by atoms with Crippen molar-refractivity contribution in [2.45, 2.75) is 13.3 Å². The van der Waals surface area contributed by atoms with Crippen molar-refractivity contribution in [2.24, 2.45) is 0 Å². The van der Waals surface area contributed by atoms with E-state index in [1.807, 2.05) is 19.1 Å². The molecule has 2 nitrogen and oxygen atoms in total. The number of carbonyl (C=O) groups excluding carboxylic acids is 1. The lowest BCUT2D eigenvalue weighted by molar-refractivity contribution is 0.0965. The van der Waals surface area contributed by atoms with Crippen LogP contribution in [0, 0.1) is 6.92 Å². The van der Waals surface area contributed by atoms with Crippen LogP contribution in [0.1, 0.15) is 21.7 Å². The standard InChI is InChI=1S/C13H11ClO2/c1-9-5-6-16-13(9)12(15)8-10-3-2-4-11(14)7-10/h2-7H,8H2,1H3. The first kappa shape index (κ1) is 11.0. The molecule has 0 aliphatic carbocycles. The Morgan fingerprint density at radius 1 is 1.38 bits per heavy atom. The molecule has 0 unspecified atom stereocenters. The summed E-state index contributed by atoms with van der Waals surface area (Å²) in [6.45, 7) is 1.86. The van der Waals surface area contributed by atoms with Crippen molar-refractivity contribution in [1.82, 2.24) is 0 Å². The summed E-state index contributed by atoms with van der Waals surface area (Å²) in [6.07, 6.45) is 1.84. The minimum Gasteiger partial charge on any atom is -0.461 e. The van der Waals surface area contributed by atoms with Crippen molar-refractivity contribution < 1.29 is 9.21 Å². The Balaban J connectivity index is 2.17. The monoisotopic (exact) mass is 234 g/mol. The van der Waals surface area contributed by atoms with Crippen LogP contribution in [0.3, 0.4) is 0 Å². The van der Waals surface area contributed by atoms with Gasteiger partial charge in [-0.15, -0.1) is 0 Å². The highest BCUT2D eigenvalue weighted by molar-refractivity contribution is 6.30. The van der Waals surface area contributed by atoms with E-state index in [-0.39, 0.29) is 5.78 Å². The molecular formula is C13H11ClO2. The van der Waals surface area contributed by atoms with Gasteiger partial charge in [0, 0.05) is 11.4 Å². The predicted molar refractivity (Wildman–Crippen MR) is 62.9 cm³/mol. The first-order valence-corrected chi connectivity index (χ1v) is 5.36. The molecule has 0 atom stereocenters. The summed E-state index contributed by atoms with van der Waals surface area (Å²) in [5.74, 6) is 0.407. The van der Waals surface area contributed by atoms with Gasteiger partial charge in [-0.05, 0) is 36.2 Å². The predicted octanol–water partition coefficient (Wildman–Crippen LogP) is 3.67. The van der Waals surface area contributed by atoms with Gasteiger partial charge in [0.25, 0.3) is 0 Å². The summed E-state index contributed by atoms with van der Waals surface area (Å²) in [4.78, 5) is 11.9. The zero-order valence-electron chi connectivity index (χ0n) is 8.87. The van der Waals surface area contributed by atoms with Gasteiger partial charge in [-0.2, -0.15) is 0 Å². The number of halogens is 1. The maximum absolute atomic E-state index is 11.9. The van der Waals surface area contributed by atoms with E-state index in [1.165, 1.54) is 6.26 Å². The first-order chi connectivity index (χ1) is 7.66. The zero-order valence-corrected chi connectivity index (χ0v) is 9.62. The molecule has 2 rings (SSSR count). The normalized spacial score (nSPS) is 10.4. The molecule has 0 bridgehead atoms. The van der Waals surface area contributed by atoms with E-state index in [9.17, 15) is 4.79 Å². The average Bonchev–Trinajstić information content (AvgIpc) is 2.64. The third-order valence-electron chi connectivity index (χ3n) is 2.37. The quantitative estimate of drug-likeness (QED) is 0.759. The average molecular weight is 235 g/mol. The molecule has 0 N–H and O–H groups in total. The van der Waals surface area contributed by atoms with Crippen molar-refractivity contribution in [3.8, 4) is 0 Å². The van der Waals surface area contributed by atoms with Gasteiger partial charge in [0.15, 0.2) is 5.76 Å². The highest BCUT2D eigenvalue weighted by Crippen LogP contribution is 2.15. The van der Waals surface area contributed by atoms with Gasteiger partial charge in [0.2, 0.25) is 5.78 Å². The summed E-state index contributed by atoms with van der Waals surface area (Å²) in [5, 5.41) is 0.640. The Hall–Kier alpha value is -1.54. The number of rotatable bonds is 3. The van der Waals surface area contributed by atoms with Crippen molar-refractivity contribution in [3.63, 3.8) is 0 Å². The fourth-order valence-corrected chi connectivity index (χ4v) is 1.78. The number of hydrogen-bond donors (Lipinski definition) is 0. The number of ketones is 1. The smallest absolute Gasteiger partial charge is 0.202 e. The molecule has 1 aromatic carbocycles. The van der Waals surface area contributed by atoms with Gasteiger partial charge in [0.05, 0.1) is 6.26 Å². The van der Waals surface area contributed by atoms with Gasteiger partial charge >= 0.3 is 0 Å². The van der Waals surface area contributed by atoms with Crippen molar-refractivity contribution >= 4 is 17.4 Å². The summed E-state index contributed by atoms with van der Waals surface area (Å²) in [5.41, 5.74) is 1.76. The lowest BCUT2D eigenvalue weighted by atomic mass is 10.1. The fraction of sp³-hybridized carbons (Fsp3) is 0.154. The molecule has 0 aliphatic rings. The van der Waals surface area contributed by atoms with Crippen LogP contribution in [-0.4, -0.2) is 5.78 Å². The minimum atomic E-state index is -0.0234.